The van der Waals surface area contributed by atoms with Gasteiger partial charge < -0.3 is 31.1 Å². The van der Waals surface area contributed by atoms with Gasteiger partial charge >= 0.3 is 0 Å². The number of nitrogens with two attached hydrogens (primary N) is 1. The van der Waals surface area contributed by atoms with Crippen molar-refractivity contribution in [1.29, 1.82) is 0 Å². The summed E-state index contributed by atoms with van der Waals surface area (Å²) in [6.07, 6.45) is -0.381. The molecule has 5 rings (SSSR count). The number of likely N-dealkylation sites (N-methyl/N-ethyl adjacent to an activating group) is 1. The van der Waals surface area contributed by atoms with Crippen LogP contribution in [0.5, 0.6) is 5.75 Å². The number of aliphatic hydroxyl groups excluding tert-OH is 1. The van der Waals surface area contributed by atoms with Gasteiger partial charge in [0, 0.05) is 38.2 Å². The van der Waals surface area contributed by atoms with E-state index in [0.717, 1.165) is 5.56 Å². The summed E-state index contributed by atoms with van der Waals surface area (Å²) in [6, 6.07) is 20.9. The van der Waals surface area contributed by atoms with Crippen LogP contribution in [0.2, 0.25) is 0 Å². The van der Waals surface area contributed by atoms with Gasteiger partial charge in [-0.2, -0.15) is 5.10 Å². The Bertz CT molecular complexity index is 1790. The first-order valence-corrected chi connectivity index (χ1v) is 15.9. The smallest absolute Gasteiger partial charge is 0.274 e. The second-order valence-electron chi connectivity index (χ2n) is 12.5. The van der Waals surface area contributed by atoms with Crippen LogP contribution in [0.1, 0.15) is 56.3 Å². The zero-order valence-electron chi connectivity index (χ0n) is 27.9. The fourth-order valence-electron chi connectivity index (χ4n) is 5.82. The predicted octanol–water partition coefficient (Wildman–Crippen LogP) is 4.17. The highest BCUT2D eigenvalue weighted by Gasteiger charge is 2.35. The standard InChI is InChI=1S/C36H43N7O5/c1-22-18-43(24(3)21-44)36(47)27-9-8-12-30(39-35(46)31-17-23(2)40-42(31)5)33(27)48-32(22)20-41(4)19-25-13-15-26(16-14-25)34(45)38-29-11-7-6-10-28(29)37/h6-17,22,24,32,44H,18-21,37H2,1-5H3,(H,38,45)(H,39,46)/t22-,24-,32-/m0/s1. The summed E-state index contributed by atoms with van der Waals surface area (Å²) in [5, 5.41) is 20.1. The molecule has 2 heterocycles. The lowest BCUT2D eigenvalue weighted by atomic mass is 9.98. The van der Waals surface area contributed by atoms with Crippen molar-refractivity contribution in [3.63, 3.8) is 0 Å². The van der Waals surface area contributed by atoms with E-state index < -0.39 is 6.04 Å². The minimum atomic E-state index is -0.422. The molecular weight excluding hydrogens is 610 g/mol. The first-order chi connectivity index (χ1) is 22.9. The number of fused-ring (bicyclic) bond motifs is 1. The number of aryl methyl sites for hydroxylation is 2. The van der Waals surface area contributed by atoms with Crippen molar-refractivity contribution in [3.8, 4) is 5.75 Å². The van der Waals surface area contributed by atoms with Crippen LogP contribution in [0.15, 0.2) is 72.8 Å². The summed E-state index contributed by atoms with van der Waals surface area (Å²) in [7, 11) is 3.68. The van der Waals surface area contributed by atoms with Crippen molar-refractivity contribution in [1.82, 2.24) is 19.6 Å². The fourth-order valence-corrected chi connectivity index (χ4v) is 5.82. The Balaban J connectivity index is 1.35. The SMILES string of the molecule is Cc1cc(C(=O)Nc2cccc3c2O[C@@H](CN(C)Cc2ccc(C(=O)Nc4ccccc4N)cc2)[C@@H](C)CN([C@@H](C)CO)C3=O)n(C)n1. The minimum absolute atomic E-state index is 0.126. The second kappa shape index (κ2) is 14.7. The van der Waals surface area contributed by atoms with Crippen LogP contribution in [0.4, 0.5) is 17.1 Å². The molecule has 1 aliphatic rings. The zero-order chi connectivity index (χ0) is 34.5. The highest BCUT2D eigenvalue weighted by Crippen LogP contribution is 2.35. The molecule has 12 heteroatoms. The topological polar surface area (TPSA) is 155 Å². The average Bonchev–Trinajstić information content (AvgIpc) is 3.41. The lowest BCUT2D eigenvalue weighted by Gasteiger charge is -2.38. The third-order valence-electron chi connectivity index (χ3n) is 8.54. The molecular formula is C36H43N7O5. The van der Waals surface area contributed by atoms with Gasteiger partial charge in [-0.3, -0.25) is 24.0 Å². The quantitative estimate of drug-likeness (QED) is 0.186. The van der Waals surface area contributed by atoms with Crippen molar-refractivity contribution >= 4 is 34.8 Å². The molecule has 0 fully saturated rings. The van der Waals surface area contributed by atoms with Crippen LogP contribution in [0, 0.1) is 12.8 Å². The lowest BCUT2D eigenvalue weighted by molar-refractivity contribution is 0.0343. The van der Waals surface area contributed by atoms with E-state index in [-0.39, 0.29) is 42.1 Å². The summed E-state index contributed by atoms with van der Waals surface area (Å²) >= 11 is 0. The van der Waals surface area contributed by atoms with Gasteiger partial charge in [0.1, 0.15) is 11.8 Å². The van der Waals surface area contributed by atoms with Crippen LogP contribution in [-0.4, -0.2) is 81.3 Å². The molecule has 0 saturated heterocycles. The Morgan fingerprint density at radius 2 is 1.75 bits per heavy atom. The number of rotatable bonds is 10. The monoisotopic (exact) mass is 653 g/mol. The number of nitrogen functional groups attached to an aromatic ring is 1. The Labute approximate surface area is 280 Å². The van der Waals surface area contributed by atoms with Crippen LogP contribution in [0.3, 0.4) is 0 Å². The lowest BCUT2D eigenvalue weighted by Crippen LogP contribution is -2.49. The van der Waals surface area contributed by atoms with Gasteiger partial charge in [0.2, 0.25) is 0 Å². The normalized spacial score (nSPS) is 16.8. The molecule has 12 nitrogen and oxygen atoms in total. The predicted molar refractivity (Wildman–Crippen MR) is 185 cm³/mol. The highest BCUT2D eigenvalue weighted by atomic mass is 16.5. The van der Waals surface area contributed by atoms with Crippen molar-refractivity contribution in [2.45, 2.75) is 39.5 Å². The molecule has 0 spiro atoms. The Morgan fingerprint density at radius 1 is 1.06 bits per heavy atom. The maximum absolute atomic E-state index is 13.8. The summed E-state index contributed by atoms with van der Waals surface area (Å²) in [5.74, 6) is -0.753. The Morgan fingerprint density at radius 3 is 2.42 bits per heavy atom. The molecule has 5 N–H and O–H groups in total. The van der Waals surface area contributed by atoms with E-state index in [1.807, 2.05) is 52.1 Å². The van der Waals surface area contributed by atoms with Crippen LogP contribution >= 0.6 is 0 Å². The number of amides is 3. The number of para-hydroxylation sites is 3. The third-order valence-corrected chi connectivity index (χ3v) is 8.54. The number of hydrogen-bond acceptors (Lipinski definition) is 8. The number of aliphatic hydroxyl groups is 1. The van der Waals surface area contributed by atoms with Gasteiger partial charge in [0.05, 0.1) is 41.0 Å². The number of hydrogen-bond donors (Lipinski definition) is 4. The number of benzene rings is 3. The number of carbonyl (C=O) groups excluding carboxylic acids is 3. The van der Waals surface area contributed by atoms with E-state index in [2.05, 4.69) is 20.6 Å². The van der Waals surface area contributed by atoms with Crippen LogP contribution in [-0.2, 0) is 13.6 Å². The van der Waals surface area contributed by atoms with Crippen molar-refractivity contribution in [2.24, 2.45) is 13.0 Å². The highest BCUT2D eigenvalue weighted by molar-refractivity contribution is 6.07. The molecule has 1 aromatic heterocycles. The summed E-state index contributed by atoms with van der Waals surface area (Å²) in [5.41, 5.74) is 10.3. The number of ether oxygens (including phenoxy) is 1. The van der Waals surface area contributed by atoms with Gasteiger partial charge in [-0.05, 0) is 68.9 Å². The van der Waals surface area contributed by atoms with Crippen molar-refractivity contribution in [3.05, 3.63) is 101 Å². The van der Waals surface area contributed by atoms with Gasteiger partial charge in [0.25, 0.3) is 17.7 Å². The third kappa shape index (κ3) is 7.67. The number of carbonyl (C=O) groups is 3. The van der Waals surface area contributed by atoms with E-state index in [0.29, 0.717) is 59.2 Å². The van der Waals surface area contributed by atoms with Gasteiger partial charge in [-0.25, -0.2) is 0 Å². The first-order valence-electron chi connectivity index (χ1n) is 15.9. The summed E-state index contributed by atoms with van der Waals surface area (Å²) < 4.78 is 8.16. The minimum Gasteiger partial charge on any atom is -0.486 e. The zero-order valence-corrected chi connectivity index (χ0v) is 27.9. The average molecular weight is 654 g/mol. The molecule has 48 heavy (non-hydrogen) atoms. The van der Waals surface area contributed by atoms with E-state index in [1.54, 1.807) is 60.5 Å². The van der Waals surface area contributed by atoms with E-state index in [4.69, 9.17) is 10.5 Å². The number of aromatic nitrogens is 2. The van der Waals surface area contributed by atoms with Gasteiger partial charge in [-0.15, -0.1) is 0 Å². The summed E-state index contributed by atoms with van der Waals surface area (Å²) in [6.45, 7) is 6.88. The van der Waals surface area contributed by atoms with Crippen molar-refractivity contribution < 1.29 is 24.2 Å². The van der Waals surface area contributed by atoms with Gasteiger partial charge in [-0.1, -0.05) is 37.3 Å². The van der Waals surface area contributed by atoms with Crippen LogP contribution in [0.25, 0.3) is 0 Å². The van der Waals surface area contributed by atoms with Crippen molar-refractivity contribution in [2.75, 3.05) is 43.1 Å². The van der Waals surface area contributed by atoms with Gasteiger partial charge in [0.15, 0.2) is 5.75 Å². The molecule has 0 radical (unpaired) electrons. The maximum Gasteiger partial charge on any atom is 0.274 e. The summed E-state index contributed by atoms with van der Waals surface area (Å²) in [4.78, 5) is 43.7. The number of anilines is 3. The van der Waals surface area contributed by atoms with E-state index in [9.17, 15) is 19.5 Å². The number of nitrogens with one attached hydrogen (secondary N) is 2. The Kier molecular flexibility index (Phi) is 10.5. The molecule has 3 atom stereocenters. The fraction of sp³-hybridized carbons (Fsp3) is 0.333. The largest absolute Gasteiger partial charge is 0.486 e. The molecule has 4 aromatic rings. The second-order valence-corrected chi connectivity index (χ2v) is 12.5. The van der Waals surface area contributed by atoms with E-state index >= 15 is 0 Å². The van der Waals surface area contributed by atoms with Crippen LogP contribution < -0.4 is 21.1 Å². The molecule has 0 saturated carbocycles. The molecule has 3 aromatic carbocycles. The molecule has 0 bridgehead atoms. The molecule has 1 aliphatic heterocycles. The molecule has 252 valence electrons. The van der Waals surface area contributed by atoms with E-state index in [1.165, 1.54) is 4.68 Å². The molecule has 0 unspecified atom stereocenters. The Hall–Kier alpha value is -5.20. The number of nitrogens with zero attached hydrogens (tertiary/aromatic N) is 4. The maximum atomic E-state index is 13.8. The molecule has 0 aliphatic carbocycles. The first kappa shape index (κ1) is 34.1. The molecule has 3 amide bonds.